The van der Waals surface area contributed by atoms with Crippen molar-refractivity contribution < 1.29 is 26.4 Å². The van der Waals surface area contributed by atoms with Gasteiger partial charge < -0.3 is 15.2 Å². The first-order valence-electron chi connectivity index (χ1n) is 10.5. The molecule has 1 aromatic carbocycles. The minimum Gasteiger partial charge on any atom is -0.340 e. The van der Waals surface area contributed by atoms with Crippen LogP contribution in [0, 0.1) is 0 Å². The number of amides is 1. The molecule has 4 rings (SSSR count). The van der Waals surface area contributed by atoms with Gasteiger partial charge in [-0.2, -0.15) is 13.2 Å². The summed E-state index contributed by atoms with van der Waals surface area (Å²) in [6.45, 7) is 3.72. The molecule has 3 aromatic rings. The predicted molar refractivity (Wildman–Crippen MR) is 118 cm³/mol. The molecule has 8 nitrogen and oxygen atoms in total. The molecule has 0 radical (unpaired) electrons. The molecule has 12 heteroatoms. The van der Waals surface area contributed by atoms with Crippen LogP contribution >= 0.6 is 0 Å². The lowest BCUT2D eigenvalue weighted by molar-refractivity contribution is -0.137. The molecule has 1 aliphatic heterocycles. The molecule has 2 aromatic heterocycles. The number of nitrogens with zero attached hydrogens (tertiary/aromatic N) is 3. The van der Waals surface area contributed by atoms with E-state index >= 15 is 0 Å². The van der Waals surface area contributed by atoms with Crippen molar-refractivity contribution >= 4 is 27.2 Å². The van der Waals surface area contributed by atoms with E-state index in [-0.39, 0.29) is 23.2 Å². The molecule has 34 heavy (non-hydrogen) atoms. The lowest BCUT2D eigenvalue weighted by atomic mass is 9.97. The van der Waals surface area contributed by atoms with Crippen LogP contribution in [0.1, 0.15) is 41.0 Å². The Morgan fingerprint density at radius 2 is 1.97 bits per heavy atom. The summed E-state index contributed by atoms with van der Waals surface area (Å²) in [5, 5.41) is 2.14. The van der Waals surface area contributed by atoms with E-state index in [9.17, 15) is 26.4 Å². The van der Waals surface area contributed by atoms with Crippen LogP contribution in [-0.4, -0.2) is 46.0 Å². The van der Waals surface area contributed by atoms with Crippen LogP contribution in [0.15, 0.2) is 47.9 Å². The fourth-order valence-electron chi connectivity index (χ4n) is 3.62. The molecule has 1 amide bonds. The number of aromatic nitrogens is 3. The Morgan fingerprint density at radius 3 is 2.62 bits per heavy atom. The van der Waals surface area contributed by atoms with Gasteiger partial charge in [0.1, 0.15) is 11.5 Å². The van der Waals surface area contributed by atoms with E-state index in [1.54, 1.807) is 17.0 Å². The summed E-state index contributed by atoms with van der Waals surface area (Å²) >= 11 is 0. The zero-order chi connectivity index (χ0) is 24.7. The Labute approximate surface area is 194 Å². The number of carbonyl (C=O) groups is 1. The number of fused-ring (bicyclic) bond motifs is 1. The van der Waals surface area contributed by atoms with Crippen molar-refractivity contribution in [3.05, 3.63) is 65.1 Å². The van der Waals surface area contributed by atoms with Gasteiger partial charge in [0.25, 0.3) is 5.91 Å². The van der Waals surface area contributed by atoms with Crippen molar-refractivity contribution in [1.82, 2.24) is 19.9 Å². The van der Waals surface area contributed by atoms with Crippen LogP contribution in [0.5, 0.6) is 0 Å². The van der Waals surface area contributed by atoms with Crippen LogP contribution in [0.2, 0.25) is 0 Å². The molecule has 2 N–H and O–H groups in total. The lowest BCUT2D eigenvalue weighted by Gasteiger charge is -2.29. The SMILES string of the molecule is CC(C)S(=O)(=O)c1nc(C(=O)N2CCc3c(cccc3Nc3ccc(C(F)(F)F)cn3)C2)c[nH]1. The first-order valence-corrected chi connectivity index (χ1v) is 12.0. The van der Waals surface area contributed by atoms with Gasteiger partial charge >= 0.3 is 6.18 Å². The van der Waals surface area contributed by atoms with Crippen molar-refractivity contribution in [3.8, 4) is 0 Å². The van der Waals surface area contributed by atoms with E-state index in [0.717, 1.165) is 23.4 Å². The maximum atomic E-state index is 12.9. The number of rotatable bonds is 5. The van der Waals surface area contributed by atoms with Crippen molar-refractivity contribution in [2.45, 2.75) is 43.4 Å². The van der Waals surface area contributed by atoms with Crippen molar-refractivity contribution in [3.63, 3.8) is 0 Å². The molecule has 180 valence electrons. The van der Waals surface area contributed by atoms with Crippen LogP contribution in [0.4, 0.5) is 24.7 Å². The van der Waals surface area contributed by atoms with Crippen LogP contribution in [0.25, 0.3) is 0 Å². The number of aromatic amines is 1. The predicted octanol–water partition coefficient (Wildman–Crippen LogP) is 3.95. The first-order chi connectivity index (χ1) is 16.0. The first kappa shape index (κ1) is 23.7. The average molecular weight is 494 g/mol. The Kier molecular flexibility index (Phi) is 6.11. The van der Waals surface area contributed by atoms with Crippen molar-refractivity contribution in [2.75, 3.05) is 11.9 Å². The van der Waals surface area contributed by atoms with Crippen LogP contribution in [0.3, 0.4) is 0 Å². The van der Waals surface area contributed by atoms with Gasteiger partial charge in [-0.1, -0.05) is 12.1 Å². The minimum atomic E-state index is -4.46. The van der Waals surface area contributed by atoms with Crippen molar-refractivity contribution in [1.29, 1.82) is 0 Å². The zero-order valence-electron chi connectivity index (χ0n) is 18.3. The highest BCUT2D eigenvalue weighted by atomic mass is 32.2. The molecule has 0 atom stereocenters. The summed E-state index contributed by atoms with van der Waals surface area (Å²) in [6, 6.07) is 7.66. The number of carbonyl (C=O) groups excluding carboxylic acids is 1. The Hall–Kier alpha value is -3.41. The Morgan fingerprint density at radius 1 is 1.21 bits per heavy atom. The number of nitrogens with one attached hydrogen (secondary N) is 2. The highest BCUT2D eigenvalue weighted by Crippen LogP contribution is 2.31. The van der Waals surface area contributed by atoms with Crippen molar-refractivity contribution in [2.24, 2.45) is 0 Å². The molecule has 0 saturated carbocycles. The highest BCUT2D eigenvalue weighted by molar-refractivity contribution is 7.91. The van der Waals surface area contributed by atoms with E-state index in [2.05, 4.69) is 20.3 Å². The van der Waals surface area contributed by atoms with Gasteiger partial charge in [-0.25, -0.2) is 18.4 Å². The summed E-state index contributed by atoms with van der Waals surface area (Å²) in [4.78, 5) is 24.9. The second-order valence-corrected chi connectivity index (χ2v) is 10.6. The molecular weight excluding hydrogens is 471 g/mol. The fraction of sp³-hybridized carbons (Fsp3) is 0.318. The minimum absolute atomic E-state index is 0.0194. The summed E-state index contributed by atoms with van der Waals surface area (Å²) in [7, 11) is -3.63. The van der Waals surface area contributed by atoms with E-state index in [1.165, 1.54) is 26.1 Å². The summed E-state index contributed by atoms with van der Waals surface area (Å²) in [5.41, 5.74) is 1.68. The Balaban J connectivity index is 1.50. The van der Waals surface area contributed by atoms with Gasteiger partial charge in [-0.3, -0.25) is 4.79 Å². The van der Waals surface area contributed by atoms with Crippen LogP contribution < -0.4 is 5.32 Å². The number of H-pyrrole nitrogens is 1. The summed E-state index contributed by atoms with van der Waals surface area (Å²) in [5.74, 6) is -0.120. The molecule has 0 fully saturated rings. The van der Waals surface area contributed by atoms with E-state index < -0.39 is 32.7 Å². The van der Waals surface area contributed by atoms with E-state index in [4.69, 9.17) is 0 Å². The summed E-state index contributed by atoms with van der Waals surface area (Å²) < 4.78 is 62.8. The normalized spacial score (nSPS) is 14.2. The van der Waals surface area contributed by atoms with E-state index in [0.29, 0.717) is 18.7 Å². The molecule has 0 aliphatic carbocycles. The highest BCUT2D eigenvalue weighted by Gasteiger charge is 2.31. The third-order valence-corrected chi connectivity index (χ3v) is 7.56. The third kappa shape index (κ3) is 4.63. The number of halogens is 3. The maximum Gasteiger partial charge on any atom is 0.417 e. The maximum absolute atomic E-state index is 12.9. The quantitative estimate of drug-likeness (QED) is 0.557. The van der Waals surface area contributed by atoms with Gasteiger partial charge in [0.2, 0.25) is 15.0 Å². The number of benzene rings is 1. The molecular formula is C22H22F3N5O3S. The Bertz CT molecular complexity index is 1320. The fourth-order valence-corrected chi connectivity index (χ4v) is 4.51. The smallest absolute Gasteiger partial charge is 0.340 e. The third-order valence-electron chi connectivity index (χ3n) is 5.57. The van der Waals surface area contributed by atoms with Gasteiger partial charge in [0.05, 0.1) is 10.8 Å². The zero-order valence-corrected chi connectivity index (χ0v) is 19.2. The second kappa shape index (κ2) is 8.75. The number of hydrogen-bond acceptors (Lipinski definition) is 6. The topological polar surface area (TPSA) is 108 Å². The number of sulfone groups is 1. The number of hydrogen-bond donors (Lipinski definition) is 2. The monoisotopic (exact) mass is 493 g/mol. The number of alkyl halides is 3. The standard InChI is InChI=1S/C22H22F3N5O3S/c1-13(2)34(32,33)21-27-11-18(29-21)20(31)30-9-8-16-14(12-30)4-3-5-17(16)28-19-7-6-15(10-26-19)22(23,24)25/h3-7,10-11,13H,8-9,12H2,1-2H3,(H,26,28)(H,27,29). The van der Waals surface area contributed by atoms with Gasteiger partial charge in [-0.05, 0) is 49.6 Å². The number of imidazole rings is 1. The number of anilines is 2. The largest absolute Gasteiger partial charge is 0.417 e. The van der Waals surface area contributed by atoms with Gasteiger partial charge in [0.15, 0.2) is 0 Å². The second-order valence-electron chi connectivity index (χ2n) is 8.16. The number of pyridine rings is 1. The molecule has 3 heterocycles. The van der Waals surface area contributed by atoms with Gasteiger partial charge in [0, 0.05) is 31.2 Å². The average Bonchev–Trinajstić information content (AvgIpc) is 3.29. The molecule has 1 aliphatic rings. The molecule has 0 bridgehead atoms. The molecule has 0 spiro atoms. The van der Waals surface area contributed by atoms with E-state index in [1.807, 2.05) is 6.07 Å². The molecule has 0 unspecified atom stereocenters. The van der Waals surface area contributed by atoms with Gasteiger partial charge in [-0.15, -0.1) is 0 Å². The summed E-state index contributed by atoms with van der Waals surface area (Å²) in [6.07, 6.45) is -1.90. The molecule has 0 saturated heterocycles. The lowest BCUT2D eigenvalue weighted by Crippen LogP contribution is -2.36. The van der Waals surface area contributed by atoms with Crippen LogP contribution in [-0.2, 0) is 29.0 Å².